The molecule has 3 aromatic rings. The van der Waals surface area contributed by atoms with Gasteiger partial charge >= 0.3 is 0 Å². The Bertz CT molecular complexity index is 1070. The number of fused-ring (bicyclic) bond motifs is 1. The number of pyridine rings is 1. The number of methoxy groups -OCH3 is 1. The molecule has 4 heterocycles. The first-order valence-electron chi connectivity index (χ1n) is 11.8. The Balaban J connectivity index is 1.53. The molecule has 1 aliphatic heterocycles. The molecule has 2 N–H and O–H groups in total. The maximum Gasteiger partial charge on any atom is 0.241 e. The van der Waals surface area contributed by atoms with Crippen LogP contribution in [0.4, 0.5) is 11.8 Å². The fraction of sp³-hybridized carbons (Fsp3) is 0.542. The number of aromatic nitrogens is 4. The van der Waals surface area contributed by atoms with Gasteiger partial charge in [-0.15, -0.1) is 5.10 Å². The molecule has 0 radical (unpaired) electrons. The van der Waals surface area contributed by atoms with Crippen molar-refractivity contribution in [3.05, 3.63) is 36.3 Å². The van der Waals surface area contributed by atoms with Crippen LogP contribution in [-0.2, 0) is 9.47 Å². The third-order valence-electron chi connectivity index (χ3n) is 6.64. The number of morpholine rings is 1. The molecule has 0 bridgehead atoms. The van der Waals surface area contributed by atoms with Crippen LogP contribution in [0.15, 0.2) is 30.6 Å². The van der Waals surface area contributed by atoms with Gasteiger partial charge < -0.3 is 24.8 Å². The minimum atomic E-state index is -0.191. The fourth-order valence-corrected chi connectivity index (χ4v) is 4.81. The second-order valence-electron chi connectivity index (χ2n) is 8.79. The summed E-state index contributed by atoms with van der Waals surface area (Å²) in [5.74, 6) is 1.91. The number of aliphatic hydroxyl groups excluding tert-OH is 1. The van der Waals surface area contributed by atoms with Crippen LogP contribution in [0, 0.1) is 0 Å². The molecule has 0 unspecified atom stereocenters. The van der Waals surface area contributed by atoms with Gasteiger partial charge in [-0.2, -0.15) is 0 Å². The highest BCUT2D eigenvalue weighted by molar-refractivity contribution is 5.82. The Hall–Kier alpha value is -2.75. The molecular weight excluding hydrogens is 420 g/mol. The SMILES string of the molecule is COCCNc1ncc2c(-c3ccnc(N4CCOCC4)c3)cc([C@H]3CC[C@H](O)CC3)n2n1. The molecular formula is C24H32N6O3. The molecule has 1 saturated heterocycles. The molecule has 0 aromatic carbocycles. The number of rotatable bonds is 7. The van der Waals surface area contributed by atoms with E-state index in [4.69, 9.17) is 14.6 Å². The average Bonchev–Trinajstić information content (AvgIpc) is 3.24. The van der Waals surface area contributed by atoms with Crippen LogP contribution < -0.4 is 10.2 Å². The van der Waals surface area contributed by atoms with Crippen LogP contribution in [0.1, 0.15) is 37.3 Å². The third-order valence-corrected chi connectivity index (χ3v) is 6.64. The van der Waals surface area contributed by atoms with Gasteiger partial charge in [-0.3, -0.25) is 0 Å². The van der Waals surface area contributed by atoms with Gasteiger partial charge in [0.25, 0.3) is 0 Å². The summed E-state index contributed by atoms with van der Waals surface area (Å²) in [5, 5.41) is 18.1. The van der Waals surface area contributed by atoms with Gasteiger partial charge in [0, 0.05) is 50.1 Å². The van der Waals surface area contributed by atoms with E-state index in [-0.39, 0.29) is 6.10 Å². The van der Waals surface area contributed by atoms with Gasteiger partial charge in [0.1, 0.15) is 5.82 Å². The van der Waals surface area contributed by atoms with E-state index >= 15 is 0 Å². The summed E-state index contributed by atoms with van der Waals surface area (Å²) < 4.78 is 12.7. The van der Waals surface area contributed by atoms with Crippen molar-refractivity contribution in [3.8, 4) is 11.1 Å². The monoisotopic (exact) mass is 452 g/mol. The van der Waals surface area contributed by atoms with Crippen LogP contribution in [0.2, 0.25) is 0 Å². The topological polar surface area (TPSA) is 97.0 Å². The summed E-state index contributed by atoms with van der Waals surface area (Å²) in [4.78, 5) is 11.4. The Morgan fingerprint density at radius 1 is 1.15 bits per heavy atom. The first-order valence-corrected chi connectivity index (χ1v) is 11.8. The lowest BCUT2D eigenvalue weighted by Crippen LogP contribution is -2.36. The van der Waals surface area contributed by atoms with Crippen molar-refractivity contribution in [2.45, 2.75) is 37.7 Å². The maximum atomic E-state index is 10.0. The standard InChI is InChI=1S/C24H32N6O3/c1-32-11-8-26-24-27-16-22-20(15-21(30(22)28-24)17-2-4-19(31)5-3-17)18-6-7-25-23(14-18)29-9-12-33-13-10-29/h6-7,14-17,19,31H,2-5,8-13H2,1H3,(H,26,28)/t17-,19-. The second kappa shape index (κ2) is 10.0. The number of nitrogens with zero attached hydrogens (tertiary/aromatic N) is 5. The molecule has 3 aromatic heterocycles. The predicted molar refractivity (Wildman–Crippen MR) is 127 cm³/mol. The molecule has 1 saturated carbocycles. The maximum absolute atomic E-state index is 10.0. The van der Waals surface area contributed by atoms with Gasteiger partial charge in [-0.25, -0.2) is 14.5 Å². The quantitative estimate of drug-likeness (QED) is 0.528. The number of nitrogens with one attached hydrogen (secondary N) is 1. The Morgan fingerprint density at radius 3 is 2.76 bits per heavy atom. The molecule has 2 fully saturated rings. The fourth-order valence-electron chi connectivity index (χ4n) is 4.81. The van der Waals surface area contributed by atoms with Crippen LogP contribution >= 0.6 is 0 Å². The largest absolute Gasteiger partial charge is 0.393 e. The summed E-state index contributed by atoms with van der Waals surface area (Å²) in [7, 11) is 1.68. The summed E-state index contributed by atoms with van der Waals surface area (Å²) >= 11 is 0. The van der Waals surface area contributed by atoms with Crippen molar-refractivity contribution in [1.29, 1.82) is 0 Å². The minimum absolute atomic E-state index is 0.191. The number of hydrogen-bond acceptors (Lipinski definition) is 8. The lowest BCUT2D eigenvalue weighted by molar-refractivity contribution is 0.121. The number of aliphatic hydroxyl groups is 1. The highest BCUT2D eigenvalue weighted by Gasteiger charge is 2.26. The Kier molecular flexibility index (Phi) is 6.70. The van der Waals surface area contributed by atoms with Gasteiger partial charge in [0.2, 0.25) is 5.95 Å². The number of ether oxygens (including phenoxy) is 2. The van der Waals surface area contributed by atoms with E-state index in [1.165, 1.54) is 5.69 Å². The van der Waals surface area contributed by atoms with Gasteiger partial charge in [-0.05, 0) is 49.4 Å². The van der Waals surface area contributed by atoms with E-state index in [0.717, 1.165) is 74.4 Å². The number of anilines is 2. The van der Waals surface area contributed by atoms with E-state index in [1.807, 2.05) is 16.9 Å². The lowest BCUT2D eigenvalue weighted by atomic mass is 9.85. The first kappa shape index (κ1) is 22.1. The molecule has 0 spiro atoms. The third kappa shape index (κ3) is 4.80. The van der Waals surface area contributed by atoms with E-state index in [9.17, 15) is 5.11 Å². The zero-order valence-electron chi connectivity index (χ0n) is 19.1. The normalized spacial score (nSPS) is 21.5. The molecule has 0 atom stereocenters. The first-order chi connectivity index (χ1) is 16.2. The summed E-state index contributed by atoms with van der Waals surface area (Å²) in [5.41, 5.74) is 4.37. The smallest absolute Gasteiger partial charge is 0.241 e. The summed E-state index contributed by atoms with van der Waals surface area (Å²) in [6, 6.07) is 6.46. The Labute approximate surface area is 193 Å². The Morgan fingerprint density at radius 2 is 1.97 bits per heavy atom. The predicted octanol–water partition coefficient (Wildman–Crippen LogP) is 2.70. The van der Waals surface area contributed by atoms with E-state index in [2.05, 4.69) is 38.4 Å². The van der Waals surface area contributed by atoms with Crippen LogP contribution in [0.3, 0.4) is 0 Å². The van der Waals surface area contributed by atoms with Crippen molar-refractivity contribution in [3.63, 3.8) is 0 Å². The molecule has 33 heavy (non-hydrogen) atoms. The van der Waals surface area contributed by atoms with Crippen molar-refractivity contribution in [2.75, 3.05) is 56.8 Å². The molecule has 2 aliphatic rings. The van der Waals surface area contributed by atoms with Crippen LogP contribution in [0.25, 0.3) is 16.6 Å². The molecule has 0 amide bonds. The van der Waals surface area contributed by atoms with Crippen molar-refractivity contribution in [2.24, 2.45) is 0 Å². The molecule has 5 rings (SSSR count). The molecule has 176 valence electrons. The second-order valence-corrected chi connectivity index (χ2v) is 8.79. The molecule has 1 aliphatic carbocycles. The van der Waals surface area contributed by atoms with E-state index in [1.54, 1.807) is 7.11 Å². The summed E-state index contributed by atoms with van der Waals surface area (Å²) in [6.45, 7) is 4.39. The van der Waals surface area contributed by atoms with E-state index in [0.29, 0.717) is 25.0 Å². The van der Waals surface area contributed by atoms with Crippen LogP contribution in [-0.4, -0.2) is 77.4 Å². The van der Waals surface area contributed by atoms with Crippen molar-refractivity contribution in [1.82, 2.24) is 19.6 Å². The van der Waals surface area contributed by atoms with E-state index < -0.39 is 0 Å². The summed E-state index contributed by atoms with van der Waals surface area (Å²) in [6.07, 6.45) is 7.15. The minimum Gasteiger partial charge on any atom is -0.393 e. The zero-order valence-corrected chi connectivity index (χ0v) is 19.1. The molecule has 9 nitrogen and oxygen atoms in total. The lowest BCUT2D eigenvalue weighted by Gasteiger charge is -2.28. The highest BCUT2D eigenvalue weighted by atomic mass is 16.5. The average molecular weight is 453 g/mol. The molecule has 9 heteroatoms. The zero-order chi connectivity index (χ0) is 22.6. The highest BCUT2D eigenvalue weighted by Crippen LogP contribution is 2.38. The number of hydrogen-bond donors (Lipinski definition) is 2. The van der Waals surface area contributed by atoms with Gasteiger partial charge in [0.15, 0.2) is 0 Å². The van der Waals surface area contributed by atoms with Gasteiger partial charge in [0.05, 0.1) is 37.6 Å². The van der Waals surface area contributed by atoms with Crippen molar-refractivity contribution < 1.29 is 14.6 Å². The van der Waals surface area contributed by atoms with Gasteiger partial charge in [-0.1, -0.05) is 0 Å². The van der Waals surface area contributed by atoms with Crippen LogP contribution in [0.5, 0.6) is 0 Å². The van der Waals surface area contributed by atoms with Crippen molar-refractivity contribution >= 4 is 17.3 Å².